The molecule has 31 heavy (non-hydrogen) atoms. The molecule has 0 fully saturated rings. The Bertz CT molecular complexity index is 1620. The highest BCUT2D eigenvalue weighted by molar-refractivity contribution is 6.78. The van der Waals surface area contributed by atoms with Gasteiger partial charge in [0.05, 0.1) is 33.9 Å². The van der Waals surface area contributed by atoms with Gasteiger partial charge in [0.25, 0.3) is 11.1 Å². The van der Waals surface area contributed by atoms with Crippen molar-refractivity contribution in [1.29, 1.82) is 0 Å². The Labute approximate surface area is 179 Å². The van der Waals surface area contributed by atoms with Crippen LogP contribution in [0.3, 0.4) is 0 Å². The number of pyridine rings is 2. The molecule has 0 spiro atoms. The number of aliphatic hydroxyl groups excluding tert-OH is 1. The molecule has 0 bridgehead atoms. The zero-order valence-corrected chi connectivity index (χ0v) is 19.3. The van der Waals surface area contributed by atoms with Crippen LogP contribution in [0.1, 0.15) is 26.3 Å². The van der Waals surface area contributed by atoms with Gasteiger partial charge in [-0.05, 0) is 17.2 Å². The maximum atomic E-state index is 13.9. The first kappa shape index (κ1) is 19.9. The van der Waals surface area contributed by atoms with Crippen LogP contribution in [0.4, 0.5) is 0 Å². The smallest absolute Gasteiger partial charge is 0.253 e. The van der Waals surface area contributed by atoms with Gasteiger partial charge >= 0.3 is 0 Å². The molecule has 3 heterocycles. The molecule has 6 nitrogen and oxygen atoms in total. The van der Waals surface area contributed by atoms with Crippen LogP contribution in [0.5, 0.6) is 0 Å². The van der Waals surface area contributed by atoms with E-state index in [2.05, 4.69) is 38.8 Å². The van der Waals surface area contributed by atoms with E-state index in [0.29, 0.717) is 27.2 Å². The number of H-pyrrole nitrogens is 1. The Kier molecular flexibility index (Phi) is 4.01. The number of aliphatic hydroxyl groups is 1. The largest absolute Gasteiger partial charge is 0.392 e. The van der Waals surface area contributed by atoms with E-state index in [1.54, 1.807) is 6.20 Å². The van der Waals surface area contributed by atoms with Gasteiger partial charge in [0.1, 0.15) is 0 Å². The molecule has 0 radical (unpaired) electrons. The first-order valence-electron chi connectivity index (χ1n) is 10.4. The van der Waals surface area contributed by atoms with Crippen molar-refractivity contribution < 1.29 is 5.11 Å². The van der Waals surface area contributed by atoms with Crippen molar-refractivity contribution in [1.82, 2.24) is 14.2 Å². The number of aromatic amines is 1. The van der Waals surface area contributed by atoms with Gasteiger partial charge in [-0.1, -0.05) is 52.1 Å². The van der Waals surface area contributed by atoms with Crippen LogP contribution in [0.2, 0.25) is 18.1 Å². The number of fused-ring (bicyclic) bond motifs is 4. The highest BCUT2D eigenvalue weighted by Crippen LogP contribution is 2.38. The zero-order chi connectivity index (χ0) is 22.3. The van der Waals surface area contributed by atoms with Crippen molar-refractivity contribution in [2.75, 3.05) is 0 Å². The quantitative estimate of drug-likeness (QED) is 0.407. The molecule has 0 aliphatic carbocycles. The Morgan fingerprint density at radius 3 is 2.42 bits per heavy atom. The van der Waals surface area contributed by atoms with Gasteiger partial charge in [0.15, 0.2) is 8.24 Å². The van der Waals surface area contributed by atoms with Crippen LogP contribution in [0.15, 0.2) is 46.1 Å². The van der Waals surface area contributed by atoms with Gasteiger partial charge in [-0.15, -0.1) is 0 Å². The Morgan fingerprint density at radius 2 is 1.74 bits per heavy atom. The third-order valence-corrected chi connectivity index (χ3v) is 12.3. The summed E-state index contributed by atoms with van der Waals surface area (Å²) in [5, 5.41) is 13.1. The highest BCUT2D eigenvalue weighted by Gasteiger charge is 2.41. The molecule has 7 heteroatoms. The molecule has 0 aliphatic heterocycles. The van der Waals surface area contributed by atoms with Crippen LogP contribution >= 0.6 is 0 Å². The van der Waals surface area contributed by atoms with Gasteiger partial charge < -0.3 is 14.3 Å². The molecular formula is C24H25N3O3Si. The van der Waals surface area contributed by atoms with Crippen molar-refractivity contribution in [2.24, 2.45) is 0 Å². The van der Waals surface area contributed by atoms with E-state index in [4.69, 9.17) is 4.98 Å². The number of hydrogen-bond acceptors (Lipinski definition) is 4. The molecule has 0 amide bonds. The summed E-state index contributed by atoms with van der Waals surface area (Å²) in [5.41, 5.74) is 2.15. The Hall–Kier alpha value is -3.03. The summed E-state index contributed by atoms with van der Waals surface area (Å²) in [4.78, 5) is 35.6. The lowest BCUT2D eigenvalue weighted by Gasteiger charge is -2.37. The van der Waals surface area contributed by atoms with Crippen LogP contribution in [0, 0.1) is 0 Å². The van der Waals surface area contributed by atoms with E-state index < -0.39 is 8.24 Å². The van der Waals surface area contributed by atoms with Crippen molar-refractivity contribution in [3.63, 3.8) is 0 Å². The summed E-state index contributed by atoms with van der Waals surface area (Å²) in [7, 11) is -2.53. The van der Waals surface area contributed by atoms with Crippen molar-refractivity contribution in [2.45, 2.75) is 45.5 Å². The third-order valence-electron chi connectivity index (χ3n) is 7.10. The van der Waals surface area contributed by atoms with E-state index in [-0.39, 0.29) is 22.8 Å². The van der Waals surface area contributed by atoms with Gasteiger partial charge in [-0.2, -0.15) is 0 Å². The van der Waals surface area contributed by atoms with E-state index in [1.807, 2.05) is 30.3 Å². The standard InChI is InChI=1S/C24H25N3O3Si/c1-24(2,3)31(4,5)27-22(29)16-10-15-14-8-6-7-9-17(14)26-20(15)21-19(16)18(23(27)30)13(12-28)11-25-21/h6-11,25,28H,12H2,1-5H3. The second-order valence-corrected chi connectivity index (χ2v) is 14.9. The number of hydrogen-bond donors (Lipinski definition) is 2. The number of aromatic nitrogens is 3. The van der Waals surface area contributed by atoms with E-state index >= 15 is 0 Å². The lowest BCUT2D eigenvalue weighted by atomic mass is 10.0. The van der Waals surface area contributed by atoms with Gasteiger partial charge in [0.2, 0.25) is 0 Å². The van der Waals surface area contributed by atoms with E-state index in [0.717, 1.165) is 21.8 Å². The summed E-state index contributed by atoms with van der Waals surface area (Å²) in [6.45, 7) is 10.0. The molecule has 158 valence electrons. The third kappa shape index (κ3) is 2.50. The first-order valence-corrected chi connectivity index (χ1v) is 13.4. The molecular weight excluding hydrogens is 406 g/mol. The topological polar surface area (TPSA) is 88.0 Å². The Morgan fingerprint density at radius 1 is 1.03 bits per heavy atom. The van der Waals surface area contributed by atoms with Crippen molar-refractivity contribution in [3.05, 3.63) is 62.8 Å². The number of nitrogens with one attached hydrogen (secondary N) is 1. The van der Waals surface area contributed by atoms with Crippen molar-refractivity contribution in [3.8, 4) is 0 Å². The average molecular weight is 432 g/mol. The van der Waals surface area contributed by atoms with Gasteiger partial charge in [0, 0.05) is 27.9 Å². The fourth-order valence-electron chi connectivity index (χ4n) is 4.41. The minimum absolute atomic E-state index is 0.214. The molecule has 0 atom stereocenters. The molecule has 5 rings (SSSR count). The number of rotatable bonds is 2. The maximum Gasteiger partial charge on any atom is 0.253 e. The second-order valence-electron chi connectivity index (χ2n) is 9.80. The summed E-state index contributed by atoms with van der Waals surface area (Å²) >= 11 is 0. The fraction of sp³-hybridized carbons (Fsp3) is 0.292. The summed E-state index contributed by atoms with van der Waals surface area (Å²) < 4.78 is 1.51. The minimum Gasteiger partial charge on any atom is -0.392 e. The molecule has 0 saturated carbocycles. The second kappa shape index (κ2) is 6.24. The van der Waals surface area contributed by atoms with Gasteiger partial charge in [-0.25, -0.2) is 4.98 Å². The normalized spacial score (nSPS) is 13.2. The van der Waals surface area contributed by atoms with Gasteiger partial charge in [-0.3, -0.25) is 9.59 Å². The predicted octanol–water partition coefficient (Wildman–Crippen LogP) is 4.33. The molecule has 5 aromatic rings. The molecule has 2 aromatic carbocycles. The average Bonchev–Trinajstić information content (AvgIpc) is 3.09. The number of nitrogens with zero attached hydrogens (tertiary/aromatic N) is 2. The lowest BCUT2D eigenvalue weighted by molar-refractivity contribution is 0.283. The van der Waals surface area contributed by atoms with E-state index in [9.17, 15) is 14.7 Å². The fourth-order valence-corrected chi connectivity index (χ4v) is 6.33. The SMILES string of the molecule is CC(C)(C)[Si](C)(C)n1c(=O)c2cc3c4ccccc4nc3c3[nH]cc(CO)c(c1=O)c23. The monoisotopic (exact) mass is 431 g/mol. The maximum absolute atomic E-state index is 13.9. The predicted molar refractivity (Wildman–Crippen MR) is 129 cm³/mol. The highest BCUT2D eigenvalue weighted by atomic mass is 28.3. The van der Waals surface area contributed by atoms with Crippen molar-refractivity contribution >= 4 is 51.7 Å². The molecule has 3 aromatic heterocycles. The van der Waals surface area contributed by atoms with E-state index in [1.165, 1.54) is 4.23 Å². The van der Waals surface area contributed by atoms with Crippen LogP contribution < -0.4 is 11.1 Å². The minimum atomic E-state index is -2.53. The first-order chi connectivity index (χ1) is 14.6. The van der Waals surface area contributed by atoms with Crippen LogP contribution in [0.25, 0.3) is 43.5 Å². The number of benzene rings is 2. The number of para-hydroxylation sites is 1. The molecule has 0 aliphatic rings. The lowest BCUT2D eigenvalue weighted by Crippen LogP contribution is -2.56. The molecule has 0 unspecified atom stereocenters. The van der Waals surface area contributed by atoms with Crippen LogP contribution in [-0.4, -0.2) is 27.5 Å². The summed E-state index contributed by atoms with van der Waals surface area (Å²) in [5.74, 6) is 0. The molecule has 2 N–H and O–H groups in total. The Balaban J connectivity index is 2.12. The summed E-state index contributed by atoms with van der Waals surface area (Å²) in [6, 6.07) is 9.70. The van der Waals surface area contributed by atoms with Crippen LogP contribution in [-0.2, 0) is 6.61 Å². The molecule has 0 saturated heterocycles. The summed E-state index contributed by atoms with van der Waals surface area (Å²) in [6.07, 6.45) is 1.66. The zero-order valence-electron chi connectivity index (χ0n) is 18.3.